The topological polar surface area (TPSA) is 110 Å². The molecule has 3 aromatic rings. The zero-order valence-corrected chi connectivity index (χ0v) is 18.7. The second-order valence-corrected chi connectivity index (χ2v) is 9.01. The molecule has 0 fully saturated rings. The van der Waals surface area contributed by atoms with Gasteiger partial charge >= 0.3 is 0 Å². The molecule has 2 heterocycles. The maximum atomic E-state index is 13.9. The molecule has 0 atom stereocenters. The number of carbonyl (C=O) groups excluding carboxylic acids is 3. The fraction of sp³-hybridized carbons (Fsp3) is 0.208. The molecule has 1 aliphatic heterocycles. The molecule has 0 spiro atoms. The molecule has 3 amide bonds. The van der Waals surface area contributed by atoms with E-state index in [1.54, 1.807) is 24.3 Å². The number of carbonyl (C=O) groups is 3. The van der Waals surface area contributed by atoms with Crippen LogP contribution in [0.15, 0.2) is 48.5 Å². The zero-order valence-electron chi connectivity index (χ0n) is 17.9. The van der Waals surface area contributed by atoms with E-state index in [4.69, 9.17) is 11.5 Å². The number of hydrogen-bond donors (Lipinski definition) is 2. The first-order chi connectivity index (χ1) is 15.3. The molecule has 0 bridgehead atoms. The number of nitrogens with two attached hydrogens (primary N) is 2. The lowest BCUT2D eigenvalue weighted by atomic mass is 10.0. The van der Waals surface area contributed by atoms with Gasteiger partial charge < -0.3 is 16.4 Å². The Balaban J connectivity index is 1.96. The van der Waals surface area contributed by atoms with E-state index >= 15 is 0 Å². The van der Waals surface area contributed by atoms with Crippen LogP contribution in [0, 0.1) is 6.92 Å². The number of rotatable bonds is 5. The van der Waals surface area contributed by atoms with Crippen LogP contribution in [0.5, 0.6) is 0 Å². The van der Waals surface area contributed by atoms with Crippen molar-refractivity contribution in [2.45, 2.75) is 19.9 Å². The minimum absolute atomic E-state index is 0.122. The van der Waals surface area contributed by atoms with E-state index in [-0.39, 0.29) is 11.1 Å². The molecule has 0 saturated carbocycles. The van der Waals surface area contributed by atoms with Gasteiger partial charge in [-0.1, -0.05) is 24.3 Å². The van der Waals surface area contributed by atoms with E-state index in [0.717, 1.165) is 22.5 Å². The van der Waals surface area contributed by atoms with Crippen LogP contribution in [0.4, 0.5) is 10.7 Å². The van der Waals surface area contributed by atoms with Crippen LogP contribution in [-0.2, 0) is 13.0 Å². The Morgan fingerprint density at radius 2 is 1.72 bits per heavy atom. The smallest absolute Gasteiger partial charge is 0.264 e. The molecule has 1 aliphatic rings. The SMILES string of the molecule is Cc1cccc(N(C(=O)c2ccccc2C(N)=O)c2sc3c(c2C(N)=O)CCN(C)C3)c1. The zero-order chi connectivity index (χ0) is 23.0. The molecular weight excluding hydrogens is 424 g/mol. The summed E-state index contributed by atoms with van der Waals surface area (Å²) in [6, 6.07) is 13.8. The summed E-state index contributed by atoms with van der Waals surface area (Å²) >= 11 is 1.39. The minimum Gasteiger partial charge on any atom is -0.366 e. The van der Waals surface area contributed by atoms with Crippen molar-refractivity contribution in [3.8, 4) is 0 Å². The summed E-state index contributed by atoms with van der Waals surface area (Å²) < 4.78 is 0. The van der Waals surface area contributed by atoms with E-state index < -0.39 is 17.7 Å². The molecule has 0 radical (unpaired) electrons. The first-order valence-electron chi connectivity index (χ1n) is 10.2. The van der Waals surface area contributed by atoms with Crippen LogP contribution < -0.4 is 16.4 Å². The Bertz CT molecular complexity index is 1230. The Morgan fingerprint density at radius 3 is 2.38 bits per heavy atom. The highest BCUT2D eigenvalue weighted by atomic mass is 32.1. The lowest BCUT2D eigenvalue weighted by Crippen LogP contribution is -2.30. The van der Waals surface area contributed by atoms with Gasteiger partial charge in [0.2, 0.25) is 5.91 Å². The van der Waals surface area contributed by atoms with Crippen LogP contribution >= 0.6 is 11.3 Å². The molecule has 2 aromatic carbocycles. The quantitative estimate of drug-likeness (QED) is 0.624. The van der Waals surface area contributed by atoms with Crippen molar-refractivity contribution in [3.05, 3.63) is 81.2 Å². The summed E-state index contributed by atoms with van der Waals surface area (Å²) in [6.07, 6.45) is 0.675. The third-order valence-electron chi connectivity index (χ3n) is 5.56. The molecule has 4 N–H and O–H groups in total. The summed E-state index contributed by atoms with van der Waals surface area (Å²) in [5.74, 6) is -1.71. The summed E-state index contributed by atoms with van der Waals surface area (Å²) in [4.78, 5) is 43.1. The Hall–Kier alpha value is -3.49. The standard InChI is InChI=1S/C24H24N4O3S/c1-14-6-5-7-15(12-14)28(23(31)17-9-4-3-8-16(17)21(25)29)24-20(22(26)30)18-10-11-27(2)13-19(18)32-24/h3-9,12H,10-11,13H2,1-2H3,(H2,25,29)(H2,26,30). The lowest BCUT2D eigenvalue weighted by Gasteiger charge is -2.24. The largest absolute Gasteiger partial charge is 0.366 e. The fourth-order valence-electron chi connectivity index (χ4n) is 4.03. The van der Waals surface area contributed by atoms with Gasteiger partial charge in [0, 0.05) is 18.0 Å². The molecule has 164 valence electrons. The predicted molar refractivity (Wildman–Crippen MR) is 125 cm³/mol. The minimum atomic E-state index is -0.694. The van der Waals surface area contributed by atoms with Gasteiger partial charge in [-0.3, -0.25) is 19.3 Å². The Labute approximate surface area is 190 Å². The second-order valence-electron chi connectivity index (χ2n) is 7.93. The highest BCUT2D eigenvalue weighted by Gasteiger charge is 2.33. The molecule has 32 heavy (non-hydrogen) atoms. The van der Waals surface area contributed by atoms with Crippen molar-refractivity contribution in [1.82, 2.24) is 4.90 Å². The number of aryl methyl sites for hydroxylation is 1. The van der Waals surface area contributed by atoms with Gasteiger partial charge in [-0.25, -0.2) is 0 Å². The Kier molecular flexibility index (Phi) is 5.82. The number of thiophene rings is 1. The molecule has 1 aromatic heterocycles. The summed E-state index contributed by atoms with van der Waals surface area (Å²) in [6.45, 7) is 3.40. The average Bonchev–Trinajstić information content (AvgIpc) is 3.12. The van der Waals surface area contributed by atoms with E-state index in [1.807, 2.05) is 32.2 Å². The lowest BCUT2D eigenvalue weighted by molar-refractivity contribution is 0.0966. The van der Waals surface area contributed by atoms with Crippen molar-refractivity contribution in [1.29, 1.82) is 0 Å². The van der Waals surface area contributed by atoms with Gasteiger partial charge in [0.15, 0.2) is 0 Å². The molecule has 8 heteroatoms. The summed E-state index contributed by atoms with van der Waals surface area (Å²) in [5.41, 5.74) is 14.4. The van der Waals surface area contributed by atoms with E-state index in [1.165, 1.54) is 22.3 Å². The van der Waals surface area contributed by atoms with Gasteiger partial charge in [-0.05, 0) is 55.8 Å². The molecule has 7 nitrogen and oxygen atoms in total. The summed E-state index contributed by atoms with van der Waals surface area (Å²) in [5, 5.41) is 0.465. The van der Waals surface area contributed by atoms with Crippen LogP contribution in [0.25, 0.3) is 0 Å². The van der Waals surface area contributed by atoms with Gasteiger partial charge in [0.1, 0.15) is 5.00 Å². The molecule has 0 saturated heterocycles. The maximum Gasteiger partial charge on any atom is 0.264 e. The van der Waals surface area contributed by atoms with Crippen molar-refractivity contribution in [2.75, 3.05) is 18.5 Å². The van der Waals surface area contributed by atoms with Crippen molar-refractivity contribution in [3.63, 3.8) is 0 Å². The van der Waals surface area contributed by atoms with Crippen molar-refractivity contribution in [2.24, 2.45) is 11.5 Å². The highest BCUT2D eigenvalue weighted by molar-refractivity contribution is 7.17. The molecule has 4 rings (SSSR count). The molecular formula is C24H24N4O3S. The number of amides is 3. The van der Waals surface area contributed by atoms with Crippen LogP contribution in [0.2, 0.25) is 0 Å². The number of primary amides is 2. The third kappa shape index (κ3) is 3.90. The van der Waals surface area contributed by atoms with Crippen LogP contribution in [-0.4, -0.2) is 36.2 Å². The normalized spacial score (nSPS) is 13.4. The van der Waals surface area contributed by atoms with Gasteiger partial charge in [0.25, 0.3) is 11.8 Å². The molecule has 0 unspecified atom stereocenters. The van der Waals surface area contributed by atoms with E-state index in [9.17, 15) is 14.4 Å². The van der Waals surface area contributed by atoms with Crippen LogP contribution in [0.1, 0.15) is 47.1 Å². The molecule has 0 aliphatic carbocycles. The number of likely N-dealkylation sites (N-methyl/N-ethyl adjacent to an activating group) is 1. The van der Waals surface area contributed by atoms with Crippen molar-refractivity contribution >= 4 is 39.7 Å². The Morgan fingerprint density at radius 1 is 1.00 bits per heavy atom. The second kappa shape index (κ2) is 8.57. The maximum absolute atomic E-state index is 13.9. The number of fused-ring (bicyclic) bond motifs is 1. The summed E-state index contributed by atoms with van der Waals surface area (Å²) in [7, 11) is 2.01. The van der Waals surface area contributed by atoms with E-state index in [2.05, 4.69) is 4.90 Å². The van der Waals surface area contributed by atoms with Gasteiger partial charge in [0.05, 0.1) is 22.4 Å². The number of anilines is 2. The number of hydrogen-bond acceptors (Lipinski definition) is 5. The van der Waals surface area contributed by atoms with Crippen molar-refractivity contribution < 1.29 is 14.4 Å². The van der Waals surface area contributed by atoms with Gasteiger partial charge in [-0.2, -0.15) is 0 Å². The highest BCUT2D eigenvalue weighted by Crippen LogP contribution is 2.42. The fourth-order valence-corrected chi connectivity index (χ4v) is 5.48. The first-order valence-corrected chi connectivity index (χ1v) is 11.0. The van der Waals surface area contributed by atoms with Gasteiger partial charge in [-0.15, -0.1) is 11.3 Å². The predicted octanol–water partition coefficient (Wildman–Crippen LogP) is 3.22. The monoisotopic (exact) mass is 448 g/mol. The number of benzene rings is 2. The average molecular weight is 449 g/mol. The van der Waals surface area contributed by atoms with Crippen LogP contribution in [0.3, 0.4) is 0 Å². The first kappa shape index (κ1) is 21.7. The third-order valence-corrected chi connectivity index (χ3v) is 6.77. The van der Waals surface area contributed by atoms with E-state index in [0.29, 0.717) is 29.2 Å². The number of nitrogens with zero attached hydrogens (tertiary/aromatic N) is 2.